The summed E-state index contributed by atoms with van der Waals surface area (Å²) >= 11 is 0. The lowest BCUT2D eigenvalue weighted by atomic mass is 9.73. The van der Waals surface area contributed by atoms with E-state index in [0.717, 1.165) is 31.5 Å². The van der Waals surface area contributed by atoms with Gasteiger partial charge < -0.3 is 5.11 Å². The number of nitrogens with zero attached hydrogens (tertiary/aromatic N) is 1. The monoisotopic (exact) mass is 357 g/mol. The number of benzene rings is 2. The average molecular weight is 357 g/mol. The number of hydrogen-bond acceptors (Lipinski definition) is 2. The standard InChI is InChI=1S/C22H25F2NO/c23-18-9-10-21(24)17(11-18)12-22(26)13-19-7-4-8-20(14-22)25(19)15-16-5-2-1-3-6-16/h1-3,5-6,9-11,19-20,26H,4,7-8,12-15H2. The zero-order valence-corrected chi connectivity index (χ0v) is 14.9. The van der Waals surface area contributed by atoms with Crippen molar-refractivity contribution in [3.05, 3.63) is 71.3 Å². The van der Waals surface area contributed by atoms with E-state index in [1.54, 1.807) is 0 Å². The Morgan fingerprint density at radius 1 is 1.00 bits per heavy atom. The van der Waals surface area contributed by atoms with Crippen LogP contribution in [0.1, 0.15) is 43.2 Å². The minimum absolute atomic E-state index is 0.183. The van der Waals surface area contributed by atoms with Gasteiger partial charge in [-0.3, -0.25) is 4.90 Å². The third kappa shape index (κ3) is 3.67. The van der Waals surface area contributed by atoms with Crippen molar-refractivity contribution in [2.24, 2.45) is 0 Å². The Labute approximate surface area is 153 Å². The van der Waals surface area contributed by atoms with E-state index in [-0.39, 0.29) is 12.0 Å². The zero-order chi connectivity index (χ0) is 18.1. The van der Waals surface area contributed by atoms with Crippen LogP contribution < -0.4 is 0 Å². The van der Waals surface area contributed by atoms with E-state index in [4.69, 9.17) is 0 Å². The van der Waals surface area contributed by atoms with Gasteiger partial charge in [0.15, 0.2) is 0 Å². The maximum absolute atomic E-state index is 14.1. The van der Waals surface area contributed by atoms with Gasteiger partial charge in [-0.1, -0.05) is 36.8 Å². The van der Waals surface area contributed by atoms with E-state index >= 15 is 0 Å². The molecule has 2 aromatic carbocycles. The molecule has 2 unspecified atom stereocenters. The van der Waals surface area contributed by atoms with Gasteiger partial charge in [0, 0.05) is 25.0 Å². The Bertz CT molecular complexity index is 750. The van der Waals surface area contributed by atoms with Gasteiger partial charge in [-0.05, 0) is 55.0 Å². The molecule has 2 atom stereocenters. The SMILES string of the molecule is OC1(Cc2cc(F)ccc2F)CC2CCCC(C1)N2Cc1ccccc1. The summed E-state index contributed by atoms with van der Waals surface area (Å²) in [4.78, 5) is 2.51. The Hall–Kier alpha value is -1.78. The highest BCUT2D eigenvalue weighted by Crippen LogP contribution is 2.41. The summed E-state index contributed by atoms with van der Waals surface area (Å²) < 4.78 is 27.6. The van der Waals surface area contributed by atoms with Crippen LogP contribution in [0, 0.1) is 11.6 Å². The maximum atomic E-state index is 14.1. The second-order valence-electron chi connectivity index (χ2n) is 7.94. The first-order chi connectivity index (χ1) is 12.5. The molecule has 1 N–H and O–H groups in total. The molecule has 2 aliphatic heterocycles. The highest BCUT2D eigenvalue weighted by atomic mass is 19.1. The minimum Gasteiger partial charge on any atom is -0.389 e. The average Bonchev–Trinajstić information content (AvgIpc) is 2.60. The molecule has 0 saturated carbocycles. The molecule has 2 saturated heterocycles. The van der Waals surface area contributed by atoms with E-state index in [9.17, 15) is 13.9 Å². The summed E-state index contributed by atoms with van der Waals surface area (Å²) in [5, 5.41) is 11.2. The van der Waals surface area contributed by atoms with Crippen molar-refractivity contribution in [1.29, 1.82) is 0 Å². The van der Waals surface area contributed by atoms with Crippen LogP contribution in [0.2, 0.25) is 0 Å². The zero-order valence-electron chi connectivity index (χ0n) is 14.9. The molecule has 4 heteroatoms. The normalized spacial score (nSPS) is 28.9. The number of aliphatic hydroxyl groups is 1. The largest absolute Gasteiger partial charge is 0.389 e. The molecule has 2 heterocycles. The molecule has 4 rings (SSSR count). The minimum atomic E-state index is -0.961. The Balaban J connectivity index is 1.52. The van der Waals surface area contributed by atoms with Crippen molar-refractivity contribution in [2.75, 3.05) is 0 Å². The van der Waals surface area contributed by atoms with E-state index in [1.807, 2.05) is 6.07 Å². The highest BCUT2D eigenvalue weighted by Gasteiger charge is 2.45. The number of halogens is 2. The number of piperidine rings is 2. The van der Waals surface area contributed by atoms with Gasteiger partial charge in [0.2, 0.25) is 0 Å². The van der Waals surface area contributed by atoms with Crippen molar-refractivity contribution in [3.63, 3.8) is 0 Å². The molecule has 26 heavy (non-hydrogen) atoms. The first-order valence-electron chi connectivity index (χ1n) is 9.48. The molecular formula is C22H25F2NO. The predicted molar refractivity (Wildman–Crippen MR) is 97.7 cm³/mol. The van der Waals surface area contributed by atoms with E-state index in [1.165, 1.54) is 18.1 Å². The molecule has 0 amide bonds. The molecule has 0 aliphatic carbocycles. The smallest absolute Gasteiger partial charge is 0.126 e. The first-order valence-corrected chi connectivity index (χ1v) is 9.48. The molecule has 2 fully saturated rings. The molecular weight excluding hydrogens is 332 g/mol. The van der Waals surface area contributed by atoms with Gasteiger partial charge in [0.25, 0.3) is 0 Å². The fraction of sp³-hybridized carbons (Fsp3) is 0.455. The van der Waals surface area contributed by atoms with Crippen LogP contribution in [0.4, 0.5) is 8.78 Å². The van der Waals surface area contributed by atoms with Crippen LogP contribution in [-0.2, 0) is 13.0 Å². The number of rotatable bonds is 4. The number of fused-ring (bicyclic) bond motifs is 2. The second kappa shape index (κ2) is 7.09. The van der Waals surface area contributed by atoms with Crippen LogP contribution in [0.3, 0.4) is 0 Å². The van der Waals surface area contributed by atoms with Crippen molar-refractivity contribution in [2.45, 2.75) is 62.8 Å². The second-order valence-corrected chi connectivity index (χ2v) is 7.94. The molecule has 0 radical (unpaired) electrons. The number of hydrogen-bond donors (Lipinski definition) is 1. The molecule has 0 spiro atoms. The highest BCUT2D eigenvalue weighted by molar-refractivity contribution is 5.22. The Morgan fingerprint density at radius 3 is 2.38 bits per heavy atom. The van der Waals surface area contributed by atoms with E-state index < -0.39 is 17.2 Å². The lowest BCUT2D eigenvalue weighted by Gasteiger charge is -2.52. The first kappa shape index (κ1) is 17.6. The fourth-order valence-corrected chi connectivity index (χ4v) is 4.85. The molecule has 2 aromatic rings. The lowest BCUT2D eigenvalue weighted by molar-refractivity contribution is -0.0950. The Kier molecular flexibility index (Phi) is 4.80. The molecule has 2 nitrogen and oxygen atoms in total. The van der Waals surface area contributed by atoms with Crippen LogP contribution in [-0.4, -0.2) is 27.7 Å². The van der Waals surface area contributed by atoms with Gasteiger partial charge in [-0.2, -0.15) is 0 Å². The van der Waals surface area contributed by atoms with Crippen LogP contribution in [0.5, 0.6) is 0 Å². The third-order valence-electron chi connectivity index (χ3n) is 5.98. The third-order valence-corrected chi connectivity index (χ3v) is 5.98. The molecule has 0 aromatic heterocycles. The summed E-state index contributed by atoms with van der Waals surface area (Å²) in [6, 6.07) is 14.5. The topological polar surface area (TPSA) is 23.5 Å². The maximum Gasteiger partial charge on any atom is 0.126 e. The lowest BCUT2D eigenvalue weighted by Crippen LogP contribution is -2.58. The van der Waals surface area contributed by atoms with Gasteiger partial charge in [0.1, 0.15) is 11.6 Å². The van der Waals surface area contributed by atoms with Gasteiger partial charge in [-0.25, -0.2) is 8.78 Å². The molecule has 138 valence electrons. The van der Waals surface area contributed by atoms with E-state index in [2.05, 4.69) is 29.2 Å². The van der Waals surface area contributed by atoms with Crippen molar-refractivity contribution < 1.29 is 13.9 Å². The van der Waals surface area contributed by atoms with E-state index in [0.29, 0.717) is 24.9 Å². The summed E-state index contributed by atoms with van der Waals surface area (Å²) in [6.07, 6.45) is 4.70. The van der Waals surface area contributed by atoms with Gasteiger partial charge >= 0.3 is 0 Å². The predicted octanol–water partition coefficient (Wildman–Crippen LogP) is 4.46. The molecule has 2 aliphatic rings. The van der Waals surface area contributed by atoms with Crippen molar-refractivity contribution >= 4 is 0 Å². The summed E-state index contributed by atoms with van der Waals surface area (Å²) in [5.74, 6) is -0.886. The molecule has 2 bridgehead atoms. The Morgan fingerprint density at radius 2 is 1.69 bits per heavy atom. The van der Waals surface area contributed by atoms with Crippen molar-refractivity contribution in [1.82, 2.24) is 4.90 Å². The fourth-order valence-electron chi connectivity index (χ4n) is 4.85. The van der Waals surface area contributed by atoms with Crippen LogP contribution in [0.25, 0.3) is 0 Å². The van der Waals surface area contributed by atoms with Crippen molar-refractivity contribution in [3.8, 4) is 0 Å². The van der Waals surface area contributed by atoms with Crippen LogP contribution in [0.15, 0.2) is 48.5 Å². The van der Waals surface area contributed by atoms with Gasteiger partial charge in [-0.15, -0.1) is 0 Å². The van der Waals surface area contributed by atoms with Gasteiger partial charge in [0.05, 0.1) is 5.60 Å². The summed E-state index contributed by atoms with van der Waals surface area (Å²) in [6.45, 7) is 0.889. The van der Waals surface area contributed by atoms with Crippen LogP contribution >= 0.6 is 0 Å². The summed E-state index contributed by atoms with van der Waals surface area (Å²) in [5.41, 5.74) is 0.602. The summed E-state index contributed by atoms with van der Waals surface area (Å²) in [7, 11) is 0. The quantitative estimate of drug-likeness (QED) is 0.874.